The number of hydrogen-bond donors (Lipinski definition) is 2. The van der Waals surface area contributed by atoms with Crippen molar-refractivity contribution in [3.8, 4) is 5.75 Å². The molecule has 0 saturated heterocycles. The van der Waals surface area contributed by atoms with Crippen LogP contribution in [0.1, 0.15) is 50.3 Å². The van der Waals surface area contributed by atoms with Crippen LogP contribution < -0.4 is 15.4 Å². The van der Waals surface area contributed by atoms with E-state index in [4.69, 9.17) is 4.74 Å². The van der Waals surface area contributed by atoms with Gasteiger partial charge in [0.1, 0.15) is 10.8 Å². The number of rotatable bonds is 6. The molecular weight excluding hydrogens is 310 g/mol. The summed E-state index contributed by atoms with van der Waals surface area (Å²) in [5.74, 6) is 0.831. The Morgan fingerprint density at radius 3 is 2.30 bits per heavy atom. The Bertz CT molecular complexity index is 611. The SMILES string of the molecule is CC(C)Oc1ccc(C(C)NC(=O)NC(C)c2nccs2)cc1. The van der Waals surface area contributed by atoms with E-state index in [9.17, 15) is 4.79 Å². The highest BCUT2D eigenvalue weighted by molar-refractivity contribution is 7.09. The third-order valence-electron chi connectivity index (χ3n) is 3.27. The lowest BCUT2D eigenvalue weighted by molar-refractivity contribution is 0.235. The first kappa shape index (κ1) is 17.3. The van der Waals surface area contributed by atoms with Crippen molar-refractivity contribution >= 4 is 17.4 Å². The molecule has 1 aromatic carbocycles. The number of nitrogens with zero attached hydrogens (tertiary/aromatic N) is 1. The maximum atomic E-state index is 12.1. The maximum Gasteiger partial charge on any atom is 0.315 e. The zero-order valence-corrected chi connectivity index (χ0v) is 14.7. The summed E-state index contributed by atoms with van der Waals surface area (Å²) in [6.45, 7) is 7.85. The molecule has 2 atom stereocenters. The number of benzene rings is 1. The van der Waals surface area contributed by atoms with Crippen molar-refractivity contribution in [1.82, 2.24) is 15.6 Å². The summed E-state index contributed by atoms with van der Waals surface area (Å²) in [7, 11) is 0. The maximum absolute atomic E-state index is 12.1. The van der Waals surface area contributed by atoms with Crippen molar-refractivity contribution in [3.05, 3.63) is 46.4 Å². The molecule has 0 bridgehead atoms. The van der Waals surface area contributed by atoms with Crippen LogP contribution in [0.25, 0.3) is 0 Å². The van der Waals surface area contributed by atoms with Crippen LogP contribution in [-0.2, 0) is 0 Å². The third-order valence-corrected chi connectivity index (χ3v) is 4.23. The van der Waals surface area contributed by atoms with Gasteiger partial charge >= 0.3 is 6.03 Å². The van der Waals surface area contributed by atoms with E-state index < -0.39 is 0 Å². The molecule has 2 N–H and O–H groups in total. The predicted octanol–water partition coefficient (Wildman–Crippen LogP) is 4.05. The van der Waals surface area contributed by atoms with Crippen LogP contribution in [0.2, 0.25) is 0 Å². The van der Waals surface area contributed by atoms with Gasteiger partial charge in [0.05, 0.1) is 18.2 Å². The highest BCUT2D eigenvalue weighted by Gasteiger charge is 2.14. The van der Waals surface area contributed by atoms with Gasteiger partial charge in [0.25, 0.3) is 0 Å². The van der Waals surface area contributed by atoms with Crippen LogP contribution in [0, 0.1) is 0 Å². The molecule has 0 spiro atoms. The smallest absolute Gasteiger partial charge is 0.315 e. The Hall–Kier alpha value is -2.08. The average molecular weight is 333 g/mol. The van der Waals surface area contributed by atoms with Gasteiger partial charge in [0.15, 0.2) is 0 Å². The van der Waals surface area contributed by atoms with E-state index in [0.29, 0.717) is 0 Å². The van der Waals surface area contributed by atoms with Crippen molar-refractivity contribution in [2.75, 3.05) is 0 Å². The quantitative estimate of drug-likeness (QED) is 0.838. The molecule has 0 aliphatic heterocycles. The minimum Gasteiger partial charge on any atom is -0.491 e. The normalized spacial score (nSPS) is 13.4. The van der Waals surface area contributed by atoms with Crippen molar-refractivity contribution in [2.45, 2.75) is 45.9 Å². The molecule has 23 heavy (non-hydrogen) atoms. The van der Waals surface area contributed by atoms with Gasteiger partial charge in [-0.05, 0) is 45.4 Å². The fourth-order valence-electron chi connectivity index (χ4n) is 2.14. The first-order valence-electron chi connectivity index (χ1n) is 7.68. The van der Waals surface area contributed by atoms with Gasteiger partial charge in [-0.25, -0.2) is 9.78 Å². The lowest BCUT2D eigenvalue weighted by Crippen LogP contribution is -2.38. The van der Waals surface area contributed by atoms with Crippen LogP contribution >= 0.6 is 11.3 Å². The predicted molar refractivity (Wildman–Crippen MR) is 92.8 cm³/mol. The Labute approximate surface area is 141 Å². The molecule has 5 nitrogen and oxygen atoms in total. The van der Waals surface area contributed by atoms with Gasteiger partial charge in [-0.2, -0.15) is 0 Å². The molecule has 2 rings (SSSR count). The van der Waals surface area contributed by atoms with Crippen molar-refractivity contribution < 1.29 is 9.53 Å². The molecule has 0 radical (unpaired) electrons. The first-order chi connectivity index (χ1) is 11.0. The number of carbonyl (C=O) groups is 1. The Morgan fingerprint density at radius 1 is 1.09 bits per heavy atom. The summed E-state index contributed by atoms with van der Waals surface area (Å²) >= 11 is 1.53. The molecule has 124 valence electrons. The number of amides is 2. The molecule has 1 heterocycles. The summed E-state index contributed by atoms with van der Waals surface area (Å²) < 4.78 is 5.62. The largest absolute Gasteiger partial charge is 0.491 e. The molecule has 2 aromatic rings. The molecule has 6 heteroatoms. The van der Waals surface area contributed by atoms with Gasteiger partial charge in [-0.3, -0.25) is 0 Å². The second-order valence-electron chi connectivity index (χ2n) is 5.67. The molecule has 2 unspecified atom stereocenters. The van der Waals surface area contributed by atoms with E-state index in [1.807, 2.05) is 57.3 Å². The number of aromatic nitrogens is 1. The van der Waals surface area contributed by atoms with E-state index in [2.05, 4.69) is 15.6 Å². The summed E-state index contributed by atoms with van der Waals surface area (Å²) in [5.41, 5.74) is 1.03. The Morgan fingerprint density at radius 2 is 1.74 bits per heavy atom. The van der Waals surface area contributed by atoms with Crippen molar-refractivity contribution in [3.63, 3.8) is 0 Å². The minimum atomic E-state index is -0.206. The number of nitrogens with one attached hydrogen (secondary N) is 2. The number of carbonyl (C=O) groups excluding carboxylic acids is 1. The molecular formula is C17H23N3O2S. The van der Waals surface area contributed by atoms with E-state index in [1.165, 1.54) is 11.3 Å². The summed E-state index contributed by atoms with van der Waals surface area (Å²) in [6.07, 6.45) is 1.88. The first-order valence-corrected chi connectivity index (χ1v) is 8.56. The topological polar surface area (TPSA) is 63.2 Å². The minimum absolute atomic E-state index is 0.0911. The average Bonchev–Trinajstić information content (AvgIpc) is 3.01. The van der Waals surface area contributed by atoms with Gasteiger partial charge in [-0.15, -0.1) is 11.3 Å². The van der Waals surface area contributed by atoms with E-state index in [1.54, 1.807) is 6.20 Å². The molecule has 0 aliphatic carbocycles. The van der Waals surface area contributed by atoms with Gasteiger partial charge in [0.2, 0.25) is 0 Å². The van der Waals surface area contributed by atoms with Crippen LogP contribution in [0.4, 0.5) is 4.79 Å². The fourth-order valence-corrected chi connectivity index (χ4v) is 2.78. The number of urea groups is 1. The lowest BCUT2D eigenvalue weighted by Gasteiger charge is -2.18. The fraction of sp³-hybridized carbons (Fsp3) is 0.412. The monoisotopic (exact) mass is 333 g/mol. The molecule has 0 aliphatic rings. The molecule has 1 aromatic heterocycles. The van der Waals surface area contributed by atoms with Crippen LogP contribution in [0.3, 0.4) is 0 Å². The van der Waals surface area contributed by atoms with E-state index >= 15 is 0 Å². The molecule has 0 fully saturated rings. The van der Waals surface area contributed by atoms with Gasteiger partial charge in [-0.1, -0.05) is 12.1 Å². The zero-order valence-electron chi connectivity index (χ0n) is 13.9. The van der Waals surface area contributed by atoms with Gasteiger partial charge in [0, 0.05) is 11.6 Å². The summed E-state index contributed by atoms with van der Waals surface area (Å²) in [6, 6.07) is 7.37. The highest BCUT2D eigenvalue weighted by atomic mass is 32.1. The van der Waals surface area contributed by atoms with Crippen LogP contribution in [-0.4, -0.2) is 17.1 Å². The highest BCUT2D eigenvalue weighted by Crippen LogP contribution is 2.19. The number of thiazole rings is 1. The summed E-state index contributed by atoms with van der Waals surface area (Å²) in [4.78, 5) is 16.3. The number of hydrogen-bond acceptors (Lipinski definition) is 4. The Balaban J connectivity index is 1.88. The van der Waals surface area contributed by atoms with E-state index in [0.717, 1.165) is 16.3 Å². The van der Waals surface area contributed by atoms with Crippen molar-refractivity contribution in [1.29, 1.82) is 0 Å². The van der Waals surface area contributed by atoms with Gasteiger partial charge < -0.3 is 15.4 Å². The molecule has 0 saturated carbocycles. The molecule has 2 amide bonds. The zero-order chi connectivity index (χ0) is 16.8. The third kappa shape index (κ3) is 5.25. The second kappa shape index (κ2) is 7.97. The lowest BCUT2D eigenvalue weighted by atomic mass is 10.1. The summed E-state index contributed by atoms with van der Waals surface area (Å²) in [5, 5.41) is 8.62. The van der Waals surface area contributed by atoms with Crippen molar-refractivity contribution in [2.24, 2.45) is 0 Å². The van der Waals surface area contributed by atoms with Crippen LogP contribution in [0.5, 0.6) is 5.75 Å². The number of ether oxygens (including phenoxy) is 1. The van der Waals surface area contributed by atoms with E-state index in [-0.39, 0.29) is 24.2 Å². The standard InChI is InChI=1S/C17H23N3O2S/c1-11(2)22-15-7-5-14(6-8-15)12(3)19-17(21)20-13(4)16-18-9-10-23-16/h5-13H,1-4H3,(H2,19,20,21). The Kier molecular flexibility index (Phi) is 5.98. The second-order valence-corrected chi connectivity index (χ2v) is 6.59. The van der Waals surface area contributed by atoms with Crippen LogP contribution in [0.15, 0.2) is 35.8 Å².